The number of pyridine rings is 2. The average molecular weight is 402 g/mol. The molecule has 6 rings (SSSR count). The number of allylic oxidation sites excluding steroid dienone is 2. The maximum Gasteiger partial charge on any atom is 0.180 e. The highest BCUT2D eigenvalue weighted by atomic mass is 35.5. The number of rotatable bonds is 4. The third kappa shape index (κ3) is 2.88. The van der Waals surface area contributed by atoms with Crippen LogP contribution in [0.15, 0.2) is 66.8 Å². The predicted octanol–water partition coefficient (Wildman–Crippen LogP) is 4.85. The van der Waals surface area contributed by atoms with Gasteiger partial charge in [-0.1, -0.05) is 17.7 Å². The molecular formula is C23H20ClN5. The zero-order chi connectivity index (χ0) is 19.4. The van der Waals surface area contributed by atoms with E-state index in [2.05, 4.69) is 62.8 Å². The minimum absolute atomic E-state index is 0.309. The van der Waals surface area contributed by atoms with E-state index < -0.39 is 0 Å². The van der Waals surface area contributed by atoms with Crippen LogP contribution in [0, 0.1) is 5.92 Å². The monoisotopic (exact) mass is 401 g/mol. The second-order valence-electron chi connectivity index (χ2n) is 7.99. The van der Waals surface area contributed by atoms with Crippen molar-refractivity contribution < 1.29 is 0 Å². The average Bonchev–Trinajstić information content (AvgIpc) is 3.32. The lowest BCUT2D eigenvalue weighted by molar-refractivity contribution is 0.758. The summed E-state index contributed by atoms with van der Waals surface area (Å²) in [7, 11) is 0. The van der Waals surface area contributed by atoms with E-state index in [0.717, 1.165) is 47.1 Å². The van der Waals surface area contributed by atoms with Gasteiger partial charge in [0.1, 0.15) is 5.82 Å². The van der Waals surface area contributed by atoms with Crippen LogP contribution in [-0.4, -0.2) is 25.6 Å². The van der Waals surface area contributed by atoms with Gasteiger partial charge in [-0.2, -0.15) is 0 Å². The molecule has 0 amide bonds. The first kappa shape index (κ1) is 17.0. The van der Waals surface area contributed by atoms with Crippen molar-refractivity contribution in [1.29, 1.82) is 0 Å². The molecule has 3 aromatic rings. The van der Waals surface area contributed by atoms with Crippen molar-refractivity contribution in [3.05, 3.63) is 83.2 Å². The second kappa shape index (κ2) is 6.56. The molecule has 0 N–H and O–H groups in total. The van der Waals surface area contributed by atoms with E-state index in [1.54, 1.807) is 6.20 Å². The van der Waals surface area contributed by atoms with Gasteiger partial charge in [-0.15, -0.1) is 10.2 Å². The molecule has 6 heteroatoms. The van der Waals surface area contributed by atoms with Gasteiger partial charge < -0.3 is 4.90 Å². The van der Waals surface area contributed by atoms with Gasteiger partial charge in [-0.3, -0.25) is 9.38 Å². The molecule has 2 aliphatic carbocycles. The van der Waals surface area contributed by atoms with Gasteiger partial charge >= 0.3 is 0 Å². The van der Waals surface area contributed by atoms with E-state index in [9.17, 15) is 0 Å². The molecule has 0 aromatic carbocycles. The maximum absolute atomic E-state index is 6.78. The Morgan fingerprint density at radius 2 is 2.10 bits per heavy atom. The van der Waals surface area contributed by atoms with Gasteiger partial charge in [-0.25, -0.2) is 0 Å². The standard InChI is InChI=1S/C23H20ClN5/c24-22-19(8-11-29-21(12-15-3-4-15)26-27-23(22)29)16-5-6-20-17(13-16)7-10-28(20)18-2-1-9-25-14-18/h1-2,5,7-11,13-15,20H,3-4,6,12H2. The van der Waals surface area contributed by atoms with Crippen LogP contribution in [0.1, 0.15) is 30.7 Å². The lowest BCUT2D eigenvalue weighted by atomic mass is 9.92. The van der Waals surface area contributed by atoms with Crippen LogP contribution in [0.3, 0.4) is 0 Å². The van der Waals surface area contributed by atoms with Gasteiger partial charge in [0.25, 0.3) is 0 Å². The Hall–Kier alpha value is -2.92. The number of nitrogens with zero attached hydrogens (tertiary/aromatic N) is 5. The minimum atomic E-state index is 0.309. The molecule has 0 radical (unpaired) electrons. The number of halogens is 1. The smallest absolute Gasteiger partial charge is 0.180 e. The van der Waals surface area contributed by atoms with Crippen molar-refractivity contribution >= 4 is 28.5 Å². The normalized spacial score (nSPS) is 20.7. The van der Waals surface area contributed by atoms with Gasteiger partial charge in [0.15, 0.2) is 5.65 Å². The van der Waals surface area contributed by atoms with Crippen LogP contribution >= 0.6 is 11.6 Å². The Bertz CT molecular complexity index is 1190. The lowest BCUT2D eigenvalue weighted by Crippen LogP contribution is -2.28. The topological polar surface area (TPSA) is 46.3 Å². The number of aromatic nitrogens is 4. The number of hydrogen-bond acceptors (Lipinski definition) is 4. The fourth-order valence-electron chi connectivity index (χ4n) is 4.29. The van der Waals surface area contributed by atoms with E-state index in [0.29, 0.717) is 11.1 Å². The molecule has 144 valence electrons. The number of anilines is 1. The van der Waals surface area contributed by atoms with Crippen LogP contribution in [0.2, 0.25) is 5.02 Å². The summed E-state index contributed by atoms with van der Waals surface area (Å²) in [6.07, 6.45) is 19.1. The van der Waals surface area contributed by atoms with Gasteiger partial charge in [0.2, 0.25) is 0 Å². The second-order valence-corrected chi connectivity index (χ2v) is 8.37. The highest BCUT2D eigenvalue weighted by Gasteiger charge is 2.28. The summed E-state index contributed by atoms with van der Waals surface area (Å²) in [5.41, 5.74) is 5.32. The van der Waals surface area contributed by atoms with Crippen LogP contribution < -0.4 is 4.90 Å². The summed E-state index contributed by atoms with van der Waals surface area (Å²) in [4.78, 5) is 6.53. The zero-order valence-corrected chi connectivity index (χ0v) is 16.6. The molecule has 5 nitrogen and oxygen atoms in total. The first-order valence-corrected chi connectivity index (χ1v) is 10.5. The molecule has 1 fully saturated rings. The Labute approximate surface area is 174 Å². The fourth-order valence-corrected chi connectivity index (χ4v) is 4.59. The van der Waals surface area contributed by atoms with Crippen LogP contribution in [0.25, 0.3) is 11.2 Å². The summed E-state index contributed by atoms with van der Waals surface area (Å²) in [5.74, 6) is 1.78. The molecule has 0 bridgehead atoms. The maximum atomic E-state index is 6.78. The molecule has 3 aliphatic rings. The summed E-state index contributed by atoms with van der Waals surface area (Å²) in [5, 5.41) is 9.44. The van der Waals surface area contributed by atoms with Crippen LogP contribution in [0.4, 0.5) is 5.69 Å². The van der Waals surface area contributed by atoms with Crippen molar-refractivity contribution in [2.75, 3.05) is 4.90 Å². The molecule has 1 aliphatic heterocycles. The molecule has 0 saturated heterocycles. The highest BCUT2D eigenvalue weighted by molar-refractivity contribution is 6.35. The van der Waals surface area contributed by atoms with E-state index in [-0.39, 0.29) is 0 Å². The van der Waals surface area contributed by atoms with Crippen molar-refractivity contribution in [1.82, 2.24) is 19.6 Å². The molecule has 0 spiro atoms. The molecular weight excluding hydrogens is 382 g/mol. The first-order chi connectivity index (χ1) is 14.3. The fraction of sp³-hybridized carbons (Fsp3) is 0.261. The Morgan fingerprint density at radius 3 is 2.93 bits per heavy atom. The first-order valence-electron chi connectivity index (χ1n) is 10.1. The molecule has 4 heterocycles. The summed E-state index contributed by atoms with van der Waals surface area (Å²) < 4.78 is 2.04. The van der Waals surface area contributed by atoms with E-state index in [4.69, 9.17) is 11.6 Å². The number of fused-ring (bicyclic) bond motifs is 2. The molecule has 3 aromatic heterocycles. The van der Waals surface area contributed by atoms with E-state index >= 15 is 0 Å². The van der Waals surface area contributed by atoms with Crippen molar-refractivity contribution in [3.63, 3.8) is 0 Å². The minimum Gasteiger partial charge on any atom is -0.339 e. The summed E-state index contributed by atoms with van der Waals surface area (Å²) in [6, 6.07) is 6.47. The van der Waals surface area contributed by atoms with Gasteiger partial charge in [-0.05, 0) is 66.7 Å². The lowest BCUT2D eigenvalue weighted by Gasteiger charge is -2.28. The van der Waals surface area contributed by atoms with Crippen molar-refractivity contribution in [3.8, 4) is 0 Å². The zero-order valence-electron chi connectivity index (χ0n) is 15.9. The molecule has 1 unspecified atom stereocenters. The van der Waals surface area contributed by atoms with Crippen molar-refractivity contribution in [2.24, 2.45) is 5.92 Å². The van der Waals surface area contributed by atoms with E-state index in [1.807, 2.05) is 16.7 Å². The Morgan fingerprint density at radius 1 is 1.17 bits per heavy atom. The predicted molar refractivity (Wildman–Crippen MR) is 115 cm³/mol. The van der Waals surface area contributed by atoms with Crippen LogP contribution in [0.5, 0.6) is 0 Å². The quantitative estimate of drug-likeness (QED) is 0.627. The number of hydrogen-bond donors (Lipinski definition) is 0. The van der Waals surface area contributed by atoms with E-state index in [1.165, 1.54) is 18.4 Å². The molecule has 1 atom stereocenters. The third-order valence-corrected chi connectivity index (χ3v) is 6.42. The summed E-state index contributed by atoms with van der Waals surface area (Å²) >= 11 is 6.78. The summed E-state index contributed by atoms with van der Waals surface area (Å²) in [6.45, 7) is 0. The molecule has 29 heavy (non-hydrogen) atoms. The third-order valence-electron chi connectivity index (χ3n) is 6.04. The SMILES string of the molecule is Clc1c(C2=CCC3C(=C2)C=CN3c2cccnc2)ccn2c(CC3CC3)nnc12. The highest BCUT2D eigenvalue weighted by Crippen LogP contribution is 2.38. The molecule has 1 saturated carbocycles. The Balaban J connectivity index is 1.31. The Kier molecular flexibility index (Phi) is 3.84. The van der Waals surface area contributed by atoms with Gasteiger partial charge in [0.05, 0.1) is 22.9 Å². The largest absolute Gasteiger partial charge is 0.339 e. The van der Waals surface area contributed by atoms with Gasteiger partial charge in [0, 0.05) is 30.6 Å². The van der Waals surface area contributed by atoms with Crippen LogP contribution in [-0.2, 0) is 6.42 Å². The van der Waals surface area contributed by atoms with Crippen molar-refractivity contribution in [2.45, 2.75) is 31.7 Å².